The van der Waals surface area contributed by atoms with Gasteiger partial charge in [-0.1, -0.05) is 11.6 Å². The van der Waals surface area contributed by atoms with Crippen molar-refractivity contribution in [3.8, 4) is 17.1 Å². The molecule has 8 heteroatoms. The Hall–Kier alpha value is -2.54. The second-order valence-corrected chi connectivity index (χ2v) is 4.50. The van der Waals surface area contributed by atoms with Gasteiger partial charge in [0.2, 0.25) is 11.8 Å². The van der Waals surface area contributed by atoms with Crippen molar-refractivity contribution in [3.63, 3.8) is 0 Å². The van der Waals surface area contributed by atoms with Crippen molar-refractivity contribution in [3.05, 3.63) is 29.7 Å². The highest BCUT2D eigenvalue weighted by atomic mass is 35.5. The Morgan fingerprint density at radius 1 is 1.14 bits per heavy atom. The Morgan fingerprint density at radius 3 is 2.71 bits per heavy atom. The van der Waals surface area contributed by atoms with E-state index in [1.165, 1.54) is 0 Å². The molecule has 3 aromatic heterocycles. The fraction of sp³-hybridized carbons (Fsp3) is 0.154. The molecule has 0 spiro atoms. The summed E-state index contributed by atoms with van der Waals surface area (Å²) < 4.78 is 5.44. The molecule has 3 rings (SSSR count). The third kappa shape index (κ3) is 2.68. The number of nitrogen functional groups attached to an aromatic ring is 1. The van der Waals surface area contributed by atoms with Crippen molar-refractivity contribution in [1.82, 2.24) is 24.9 Å². The molecule has 3 heterocycles. The molecule has 106 valence electrons. The molecule has 0 aliphatic heterocycles. The summed E-state index contributed by atoms with van der Waals surface area (Å²) in [4.78, 5) is 20.8. The van der Waals surface area contributed by atoms with Gasteiger partial charge in [0.25, 0.3) is 0 Å². The van der Waals surface area contributed by atoms with Crippen LogP contribution in [0.2, 0.25) is 5.15 Å². The smallest absolute Gasteiger partial charge is 0.247 e. The molecule has 0 atom stereocenters. The van der Waals surface area contributed by atoms with E-state index < -0.39 is 0 Å². The molecule has 7 nitrogen and oxygen atoms in total. The zero-order valence-electron chi connectivity index (χ0n) is 11.1. The third-order valence-corrected chi connectivity index (χ3v) is 2.92. The number of nitrogens with zero attached hydrogens (tertiary/aromatic N) is 5. The van der Waals surface area contributed by atoms with E-state index in [1.54, 1.807) is 18.5 Å². The van der Waals surface area contributed by atoms with E-state index >= 15 is 0 Å². The summed E-state index contributed by atoms with van der Waals surface area (Å²) in [5.74, 6) is 0.414. The molecule has 2 N–H and O–H groups in total. The van der Waals surface area contributed by atoms with Crippen LogP contribution in [0.1, 0.15) is 6.92 Å². The van der Waals surface area contributed by atoms with Crippen molar-refractivity contribution in [2.75, 3.05) is 12.3 Å². The van der Waals surface area contributed by atoms with Gasteiger partial charge in [-0.15, -0.1) is 0 Å². The van der Waals surface area contributed by atoms with Crippen LogP contribution >= 0.6 is 11.6 Å². The Kier molecular flexibility index (Phi) is 3.49. The van der Waals surface area contributed by atoms with Gasteiger partial charge in [-0.05, 0) is 19.1 Å². The van der Waals surface area contributed by atoms with Crippen LogP contribution < -0.4 is 10.5 Å². The number of hydrogen-bond donors (Lipinski definition) is 1. The van der Waals surface area contributed by atoms with Crippen LogP contribution in [0.3, 0.4) is 0 Å². The monoisotopic (exact) mass is 302 g/mol. The zero-order valence-corrected chi connectivity index (χ0v) is 11.9. The minimum atomic E-state index is 0.0983. The van der Waals surface area contributed by atoms with Gasteiger partial charge in [0.05, 0.1) is 18.5 Å². The van der Waals surface area contributed by atoms with Gasteiger partial charge in [0.1, 0.15) is 5.15 Å². The molecule has 0 bridgehead atoms. The second kappa shape index (κ2) is 5.45. The first-order valence-electron chi connectivity index (χ1n) is 6.22. The summed E-state index contributed by atoms with van der Waals surface area (Å²) in [6.07, 6.45) is 3.21. The lowest BCUT2D eigenvalue weighted by Gasteiger charge is -2.07. The molecule has 0 aliphatic rings. The van der Waals surface area contributed by atoms with Crippen molar-refractivity contribution in [2.24, 2.45) is 0 Å². The fourth-order valence-corrected chi connectivity index (χ4v) is 1.91. The van der Waals surface area contributed by atoms with Gasteiger partial charge < -0.3 is 10.5 Å². The van der Waals surface area contributed by atoms with E-state index in [2.05, 4.69) is 24.9 Å². The second-order valence-electron chi connectivity index (χ2n) is 4.12. The van der Waals surface area contributed by atoms with Crippen molar-refractivity contribution >= 4 is 28.7 Å². The van der Waals surface area contributed by atoms with Gasteiger partial charge >= 0.3 is 0 Å². The summed E-state index contributed by atoms with van der Waals surface area (Å²) in [6.45, 7) is 2.30. The Labute approximate surface area is 125 Å². The van der Waals surface area contributed by atoms with Gasteiger partial charge in [0, 0.05) is 11.8 Å². The molecule has 0 saturated carbocycles. The lowest BCUT2D eigenvalue weighted by molar-refractivity contribution is 0.330. The molecule has 0 saturated heterocycles. The van der Waals surface area contributed by atoms with E-state index in [4.69, 9.17) is 22.1 Å². The highest BCUT2D eigenvalue weighted by Gasteiger charge is 2.12. The molecule has 21 heavy (non-hydrogen) atoms. The summed E-state index contributed by atoms with van der Waals surface area (Å²) in [7, 11) is 0. The number of hydrogen-bond acceptors (Lipinski definition) is 7. The highest BCUT2D eigenvalue weighted by Crippen LogP contribution is 2.24. The van der Waals surface area contributed by atoms with Crippen molar-refractivity contribution in [1.29, 1.82) is 0 Å². The molecular weight excluding hydrogens is 292 g/mol. The van der Waals surface area contributed by atoms with Gasteiger partial charge in [-0.2, -0.15) is 9.97 Å². The third-order valence-electron chi connectivity index (χ3n) is 2.70. The largest absolute Gasteiger partial charge is 0.476 e. The SMILES string of the molecule is CCOc1nc(N)nc2ncc(-c3ccc(Cl)nc3)nc12. The first-order valence-corrected chi connectivity index (χ1v) is 6.60. The predicted molar refractivity (Wildman–Crippen MR) is 79.0 cm³/mol. The van der Waals surface area contributed by atoms with E-state index in [-0.39, 0.29) is 5.95 Å². The van der Waals surface area contributed by atoms with Gasteiger partial charge in [-0.25, -0.2) is 15.0 Å². The number of anilines is 1. The van der Waals surface area contributed by atoms with E-state index in [0.717, 1.165) is 5.56 Å². The summed E-state index contributed by atoms with van der Waals surface area (Å²) in [6, 6.07) is 3.50. The number of rotatable bonds is 3. The van der Waals surface area contributed by atoms with Crippen LogP contribution in [-0.4, -0.2) is 31.5 Å². The van der Waals surface area contributed by atoms with Crippen LogP contribution in [-0.2, 0) is 0 Å². The van der Waals surface area contributed by atoms with E-state index in [1.807, 2.05) is 13.0 Å². The molecule has 0 amide bonds. The number of ether oxygens (including phenoxy) is 1. The maximum Gasteiger partial charge on any atom is 0.247 e. The number of aromatic nitrogens is 5. The van der Waals surface area contributed by atoms with Crippen LogP contribution in [0, 0.1) is 0 Å². The summed E-state index contributed by atoms with van der Waals surface area (Å²) >= 11 is 5.78. The normalized spacial score (nSPS) is 10.8. The molecule has 0 unspecified atom stereocenters. The summed E-state index contributed by atoms with van der Waals surface area (Å²) in [5, 5.41) is 0.415. The molecule has 0 aliphatic carbocycles. The predicted octanol–water partition coefficient (Wildman–Crippen LogP) is 2.12. The Balaban J connectivity index is 2.16. The van der Waals surface area contributed by atoms with E-state index in [9.17, 15) is 0 Å². The van der Waals surface area contributed by atoms with Crippen molar-refractivity contribution in [2.45, 2.75) is 6.92 Å². The lowest BCUT2D eigenvalue weighted by atomic mass is 10.2. The molecular formula is C13H11ClN6O. The van der Waals surface area contributed by atoms with Crippen LogP contribution in [0.15, 0.2) is 24.5 Å². The van der Waals surface area contributed by atoms with Gasteiger partial charge in [-0.3, -0.25) is 0 Å². The van der Waals surface area contributed by atoms with E-state index in [0.29, 0.717) is 34.5 Å². The average Bonchev–Trinajstić information content (AvgIpc) is 2.48. The number of fused-ring (bicyclic) bond motifs is 1. The summed E-state index contributed by atoms with van der Waals surface area (Å²) in [5.41, 5.74) is 7.88. The molecule has 0 fully saturated rings. The topological polar surface area (TPSA) is 99.7 Å². The molecule has 0 radical (unpaired) electrons. The molecule has 0 aromatic carbocycles. The lowest BCUT2D eigenvalue weighted by Crippen LogP contribution is -2.04. The first-order chi connectivity index (χ1) is 10.2. The minimum absolute atomic E-state index is 0.0983. The average molecular weight is 303 g/mol. The molecule has 3 aromatic rings. The minimum Gasteiger partial charge on any atom is -0.476 e. The number of halogens is 1. The van der Waals surface area contributed by atoms with Crippen LogP contribution in [0.25, 0.3) is 22.4 Å². The fourth-order valence-electron chi connectivity index (χ4n) is 1.80. The Bertz CT molecular complexity index is 793. The number of pyridine rings is 1. The number of nitrogens with two attached hydrogens (primary N) is 1. The highest BCUT2D eigenvalue weighted by molar-refractivity contribution is 6.29. The van der Waals surface area contributed by atoms with Crippen molar-refractivity contribution < 1.29 is 4.74 Å². The quantitative estimate of drug-likeness (QED) is 0.739. The maximum absolute atomic E-state index is 5.78. The maximum atomic E-state index is 5.78. The van der Waals surface area contributed by atoms with Gasteiger partial charge in [0.15, 0.2) is 11.2 Å². The van der Waals surface area contributed by atoms with Crippen LogP contribution in [0.5, 0.6) is 5.88 Å². The van der Waals surface area contributed by atoms with Crippen LogP contribution in [0.4, 0.5) is 5.95 Å². The standard InChI is InChI=1S/C13H11ClN6O/c1-2-21-12-10-11(19-13(15)20-12)17-6-8(18-10)7-3-4-9(14)16-5-7/h3-6H,2H2,1H3,(H2,15,17,19,20). The Morgan fingerprint density at radius 2 is 2.00 bits per heavy atom. The zero-order chi connectivity index (χ0) is 14.8. The first kappa shape index (κ1) is 13.4.